The molecule has 0 N–H and O–H groups in total. The van der Waals surface area contributed by atoms with Gasteiger partial charge in [-0.3, -0.25) is 4.18 Å². The molecule has 2 fully saturated rings. The predicted octanol–water partition coefficient (Wildman–Crippen LogP) is 0.359. The van der Waals surface area contributed by atoms with Gasteiger partial charge in [0.15, 0.2) is 6.61 Å². The first kappa shape index (κ1) is 16.0. The van der Waals surface area contributed by atoms with E-state index < -0.39 is 41.7 Å². The molecule has 2 rings (SSSR count). The molecule has 4 unspecified atom stereocenters. The number of rotatable bonds is 6. The van der Waals surface area contributed by atoms with Crippen LogP contribution in [-0.4, -0.2) is 39.2 Å². The maximum Gasteiger partial charge on any atom is 0.344 e. The minimum Gasteiger partial charge on any atom is -0.456 e. The number of esters is 2. The van der Waals surface area contributed by atoms with Gasteiger partial charge in [-0.15, -0.1) is 0 Å². The minimum absolute atomic E-state index is 0.0661. The van der Waals surface area contributed by atoms with Gasteiger partial charge in [-0.2, -0.15) is 0 Å². The highest BCUT2D eigenvalue weighted by Gasteiger charge is 2.58. The summed E-state index contributed by atoms with van der Waals surface area (Å²) in [6.45, 7) is 4.63. The van der Waals surface area contributed by atoms with Crippen LogP contribution in [0.2, 0.25) is 0 Å². The topological polar surface area (TPSA) is 96.0 Å². The lowest BCUT2D eigenvalue weighted by atomic mass is 9.82. The lowest BCUT2D eigenvalue weighted by Crippen LogP contribution is -2.43. The maximum atomic E-state index is 11.7. The van der Waals surface area contributed by atoms with Gasteiger partial charge in [0.2, 0.25) is 0 Å². The Hall–Kier alpha value is -1.41. The highest BCUT2D eigenvalue weighted by atomic mass is 32.2. The third kappa shape index (κ3) is 3.44. The Bertz CT molecular complexity index is 519. The van der Waals surface area contributed by atoms with E-state index in [0.717, 1.165) is 25.3 Å². The molecule has 8 heteroatoms. The van der Waals surface area contributed by atoms with E-state index >= 15 is 0 Å². The van der Waals surface area contributed by atoms with Gasteiger partial charge in [-0.05, 0) is 25.2 Å². The molecule has 2 aliphatic carbocycles. The molecule has 4 atom stereocenters. The molecular formula is C13H18O7S. The summed E-state index contributed by atoms with van der Waals surface area (Å²) in [6, 6.07) is 0. The van der Waals surface area contributed by atoms with Crippen LogP contribution in [-0.2, 0) is 34.2 Å². The van der Waals surface area contributed by atoms with Crippen molar-refractivity contribution in [3.8, 4) is 0 Å². The fraction of sp³-hybridized carbons (Fsp3) is 0.692. The molecule has 7 nitrogen and oxygen atoms in total. The van der Waals surface area contributed by atoms with Crippen LogP contribution in [0.4, 0.5) is 0 Å². The molecule has 0 aliphatic heterocycles. The van der Waals surface area contributed by atoms with E-state index in [0.29, 0.717) is 0 Å². The zero-order valence-corrected chi connectivity index (χ0v) is 12.5. The molecule has 0 aromatic rings. The van der Waals surface area contributed by atoms with Crippen molar-refractivity contribution in [1.82, 2.24) is 0 Å². The summed E-state index contributed by atoms with van der Waals surface area (Å²) in [5.74, 6) is -1.38. The zero-order chi connectivity index (χ0) is 15.6. The second-order valence-corrected chi connectivity index (χ2v) is 6.33. The van der Waals surface area contributed by atoms with Crippen molar-refractivity contribution in [3.05, 3.63) is 12.7 Å². The molecule has 0 heterocycles. The van der Waals surface area contributed by atoms with Gasteiger partial charge in [0.1, 0.15) is 12.2 Å². The number of ether oxygens (including phenoxy) is 2. The van der Waals surface area contributed by atoms with Crippen molar-refractivity contribution in [1.29, 1.82) is 0 Å². The van der Waals surface area contributed by atoms with Crippen molar-refractivity contribution >= 4 is 22.9 Å². The van der Waals surface area contributed by atoms with Crippen molar-refractivity contribution in [2.45, 2.75) is 38.4 Å². The number of carbonyl (C=O) groups is 2. The average molecular weight is 318 g/mol. The number of hydrogen-bond donors (Lipinski definition) is 1. The SMILES string of the molecule is C=CC(=O)OCC(=O)OC1C(O[SH](=O)=O)C2CCC1(C)C2. The smallest absolute Gasteiger partial charge is 0.344 e. The van der Waals surface area contributed by atoms with Gasteiger partial charge in [0.25, 0.3) is 11.0 Å². The van der Waals surface area contributed by atoms with E-state index in [1.54, 1.807) is 0 Å². The molecule has 0 spiro atoms. The fourth-order valence-electron chi connectivity index (χ4n) is 3.32. The summed E-state index contributed by atoms with van der Waals surface area (Å²) in [5, 5.41) is 0. The number of hydrogen-bond acceptors (Lipinski definition) is 7. The lowest BCUT2D eigenvalue weighted by Gasteiger charge is -2.34. The molecule has 0 aromatic heterocycles. The molecule has 2 aliphatic rings. The highest BCUT2D eigenvalue weighted by Crippen LogP contribution is 2.56. The molecule has 2 saturated carbocycles. The Kier molecular flexibility index (Phi) is 4.67. The normalized spacial score (nSPS) is 33.9. The van der Waals surface area contributed by atoms with Gasteiger partial charge in [0, 0.05) is 11.5 Å². The van der Waals surface area contributed by atoms with Crippen molar-refractivity contribution in [3.63, 3.8) is 0 Å². The Morgan fingerprint density at radius 1 is 1.43 bits per heavy atom. The van der Waals surface area contributed by atoms with E-state index in [2.05, 4.69) is 11.3 Å². The third-order valence-corrected chi connectivity index (χ3v) is 4.65. The lowest BCUT2D eigenvalue weighted by molar-refractivity contribution is -0.170. The Morgan fingerprint density at radius 2 is 2.14 bits per heavy atom. The Balaban J connectivity index is 2.00. The average Bonchev–Trinajstić information content (AvgIpc) is 2.92. The molecule has 0 aromatic carbocycles. The van der Waals surface area contributed by atoms with Crippen LogP contribution in [0.1, 0.15) is 26.2 Å². The van der Waals surface area contributed by atoms with E-state index in [1.165, 1.54) is 0 Å². The first-order chi connectivity index (χ1) is 9.85. The van der Waals surface area contributed by atoms with Crippen LogP contribution in [0.25, 0.3) is 0 Å². The minimum atomic E-state index is -3.01. The Morgan fingerprint density at radius 3 is 2.76 bits per heavy atom. The number of thiol groups is 1. The molecular weight excluding hydrogens is 300 g/mol. The fourth-order valence-corrected chi connectivity index (χ4v) is 3.80. The first-order valence-electron chi connectivity index (χ1n) is 6.65. The Labute approximate surface area is 124 Å². The van der Waals surface area contributed by atoms with Gasteiger partial charge < -0.3 is 9.47 Å². The van der Waals surface area contributed by atoms with Crippen molar-refractivity contribution < 1.29 is 31.7 Å². The van der Waals surface area contributed by atoms with Crippen LogP contribution >= 0.6 is 0 Å². The molecule has 2 bridgehead atoms. The van der Waals surface area contributed by atoms with E-state index in [1.807, 2.05) is 6.92 Å². The largest absolute Gasteiger partial charge is 0.456 e. The molecule has 0 radical (unpaired) electrons. The quantitative estimate of drug-likeness (QED) is 0.429. The predicted molar refractivity (Wildman–Crippen MR) is 71.7 cm³/mol. The van der Waals surface area contributed by atoms with Crippen molar-refractivity contribution in [2.24, 2.45) is 11.3 Å². The molecule has 118 valence electrons. The van der Waals surface area contributed by atoms with Gasteiger partial charge >= 0.3 is 11.9 Å². The van der Waals surface area contributed by atoms with Crippen LogP contribution in [0.3, 0.4) is 0 Å². The molecule has 21 heavy (non-hydrogen) atoms. The third-order valence-electron chi connectivity index (χ3n) is 4.23. The summed E-state index contributed by atoms with van der Waals surface area (Å²) in [4.78, 5) is 22.6. The summed E-state index contributed by atoms with van der Waals surface area (Å²) in [7, 11) is -3.01. The number of carbonyl (C=O) groups excluding carboxylic acids is 2. The van der Waals surface area contributed by atoms with E-state index in [4.69, 9.17) is 8.92 Å². The standard InChI is InChI=1S/C13H18O7S/c1-3-9(14)18-7-10(15)19-12-11(20-21(16)17)8-4-5-13(12,2)6-8/h3,8,11-12,21H,1,4-7H2,2H3. The van der Waals surface area contributed by atoms with Crippen LogP contribution in [0, 0.1) is 11.3 Å². The summed E-state index contributed by atoms with van der Waals surface area (Å²) in [6.07, 6.45) is 2.11. The first-order valence-corrected chi connectivity index (χ1v) is 7.75. The van der Waals surface area contributed by atoms with Crippen LogP contribution < -0.4 is 0 Å². The summed E-state index contributed by atoms with van der Waals surface area (Å²) >= 11 is 0. The monoisotopic (exact) mass is 318 g/mol. The zero-order valence-electron chi connectivity index (χ0n) is 11.6. The molecule has 0 saturated heterocycles. The number of fused-ring (bicyclic) bond motifs is 2. The van der Waals surface area contributed by atoms with Crippen LogP contribution in [0.5, 0.6) is 0 Å². The van der Waals surface area contributed by atoms with Gasteiger partial charge in [0.05, 0.1) is 0 Å². The highest BCUT2D eigenvalue weighted by molar-refractivity contribution is 7.67. The van der Waals surface area contributed by atoms with Gasteiger partial charge in [-0.1, -0.05) is 13.5 Å². The van der Waals surface area contributed by atoms with Gasteiger partial charge in [-0.25, -0.2) is 18.0 Å². The summed E-state index contributed by atoms with van der Waals surface area (Å²) < 4.78 is 36.5. The maximum absolute atomic E-state index is 11.7. The van der Waals surface area contributed by atoms with Crippen LogP contribution in [0.15, 0.2) is 12.7 Å². The summed E-state index contributed by atoms with van der Waals surface area (Å²) in [5.41, 5.74) is -0.293. The van der Waals surface area contributed by atoms with E-state index in [9.17, 15) is 18.0 Å². The molecule has 0 amide bonds. The second-order valence-electron chi connectivity index (χ2n) is 5.67. The van der Waals surface area contributed by atoms with Crippen molar-refractivity contribution in [2.75, 3.05) is 6.61 Å². The second kappa shape index (κ2) is 6.15. The van der Waals surface area contributed by atoms with E-state index in [-0.39, 0.29) is 11.3 Å².